The molecular formula is C14H23NO2. The van der Waals surface area contributed by atoms with Gasteiger partial charge in [0.1, 0.15) is 5.75 Å². The van der Waals surface area contributed by atoms with Crippen LogP contribution in [0.25, 0.3) is 0 Å². The summed E-state index contributed by atoms with van der Waals surface area (Å²) < 4.78 is 11.0. The summed E-state index contributed by atoms with van der Waals surface area (Å²) in [7, 11) is 1.66. The first-order valence-electron chi connectivity index (χ1n) is 6.24. The van der Waals surface area contributed by atoms with Crippen LogP contribution in [0, 0.1) is 0 Å². The summed E-state index contributed by atoms with van der Waals surface area (Å²) in [6.07, 6.45) is 1.88. The molecule has 0 aliphatic rings. The zero-order valence-corrected chi connectivity index (χ0v) is 11.0. The largest absolute Gasteiger partial charge is 0.497 e. The van der Waals surface area contributed by atoms with E-state index >= 15 is 0 Å². The maximum Gasteiger partial charge on any atom is 0.118 e. The van der Waals surface area contributed by atoms with E-state index in [0.717, 1.165) is 30.8 Å². The molecule has 1 aromatic rings. The topological polar surface area (TPSA) is 44.5 Å². The highest BCUT2D eigenvalue weighted by Gasteiger charge is 2.18. The van der Waals surface area contributed by atoms with Gasteiger partial charge in [-0.15, -0.1) is 0 Å². The number of hydrogen-bond donors (Lipinski definition) is 1. The van der Waals surface area contributed by atoms with Gasteiger partial charge in [-0.1, -0.05) is 26.0 Å². The minimum absolute atomic E-state index is 0.0224. The van der Waals surface area contributed by atoms with E-state index in [9.17, 15) is 0 Å². The van der Waals surface area contributed by atoms with E-state index in [1.807, 2.05) is 24.3 Å². The summed E-state index contributed by atoms with van der Waals surface area (Å²) in [6.45, 7) is 4.92. The smallest absolute Gasteiger partial charge is 0.118 e. The molecule has 2 atom stereocenters. The van der Waals surface area contributed by atoms with Gasteiger partial charge in [0, 0.05) is 12.6 Å². The van der Waals surface area contributed by atoms with Crippen LogP contribution in [0.15, 0.2) is 24.3 Å². The first-order valence-corrected chi connectivity index (χ1v) is 6.24. The fourth-order valence-electron chi connectivity index (χ4n) is 1.72. The first kappa shape index (κ1) is 14.0. The normalized spacial score (nSPS) is 14.4. The molecule has 0 spiro atoms. The van der Waals surface area contributed by atoms with E-state index < -0.39 is 0 Å². The van der Waals surface area contributed by atoms with Crippen LogP contribution in [0.4, 0.5) is 0 Å². The number of ether oxygens (including phenoxy) is 2. The van der Waals surface area contributed by atoms with Crippen molar-refractivity contribution < 1.29 is 9.47 Å². The predicted octanol–water partition coefficient (Wildman–Crippen LogP) is 2.90. The van der Waals surface area contributed by atoms with Gasteiger partial charge in [-0.3, -0.25) is 0 Å². The molecule has 3 nitrogen and oxygen atoms in total. The van der Waals surface area contributed by atoms with Gasteiger partial charge in [0.15, 0.2) is 0 Å². The number of methoxy groups -OCH3 is 1. The summed E-state index contributed by atoms with van der Waals surface area (Å²) in [4.78, 5) is 0. The van der Waals surface area contributed by atoms with Gasteiger partial charge in [0.25, 0.3) is 0 Å². The molecule has 0 aliphatic carbocycles. The van der Waals surface area contributed by atoms with Gasteiger partial charge in [-0.05, 0) is 30.5 Å². The molecular weight excluding hydrogens is 214 g/mol. The Morgan fingerprint density at radius 1 is 1.18 bits per heavy atom. The van der Waals surface area contributed by atoms with Crippen LogP contribution in [-0.2, 0) is 4.74 Å². The van der Waals surface area contributed by atoms with E-state index in [-0.39, 0.29) is 12.1 Å². The molecule has 17 heavy (non-hydrogen) atoms. The second kappa shape index (κ2) is 7.30. The van der Waals surface area contributed by atoms with Crippen LogP contribution >= 0.6 is 0 Å². The fraction of sp³-hybridized carbons (Fsp3) is 0.571. The lowest BCUT2D eigenvalue weighted by atomic mass is 10.0. The Bertz CT molecular complexity index is 311. The molecule has 0 aliphatic heterocycles. The maximum atomic E-state index is 6.10. The zero-order chi connectivity index (χ0) is 12.7. The Labute approximate surface area is 104 Å². The second-order valence-corrected chi connectivity index (χ2v) is 4.14. The minimum atomic E-state index is -0.0224. The van der Waals surface area contributed by atoms with Crippen LogP contribution in [0.2, 0.25) is 0 Å². The van der Waals surface area contributed by atoms with Gasteiger partial charge in [0.2, 0.25) is 0 Å². The molecule has 1 aromatic carbocycles. The quantitative estimate of drug-likeness (QED) is 0.793. The Hall–Kier alpha value is -1.06. The average Bonchev–Trinajstić information content (AvgIpc) is 2.39. The van der Waals surface area contributed by atoms with Crippen molar-refractivity contribution in [3.05, 3.63) is 29.8 Å². The second-order valence-electron chi connectivity index (χ2n) is 4.14. The maximum absolute atomic E-state index is 6.10. The molecule has 3 heteroatoms. The van der Waals surface area contributed by atoms with Crippen LogP contribution in [0.3, 0.4) is 0 Å². The highest BCUT2D eigenvalue weighted by molar-refractivity contribution is 5.29. The van der Waals surface area contributed by atoms with Gasteiger partial charge < -0.3 is 15.2 Å². The highest BCUT2D eigenvalue weighted by atomic mass is 16.5. The summed E-state index contributed by atoms with van der Waals surface area (Å²) in [6, 6.07) is 7.97. The molecule has 0 aromatic heterocycles. The number of rotatable bonds is 7. The first-order chi connectivity index (χ1) is 8.22. The van der Waals surface area contributed by atoms with Gasteiger partial charge in [-0.25, -0.2) is 0 Å². The van der Waals surface area contributed by atoms with E-state index in [4.69, 9.17) is 15.2 Å². The Kier molecular flexibility index (Phi) is 6.01. The Morgan fingerprint density at radius 3 is 2.29 bits per heavy atom. The summed E-state index contributed by atoms with van der Waals surface area (Å²) >= 11 is 0. The predicted molar refractivity (Wildman–Crippen MR) is 70.2 cm³/mol. The van der Waals surface area contributed by atoms with Gasteiger partial charge in [-0.2, -0.15) is 0 Å². The molecule has 0 saturated heterocycles. The molecule has 0 heterocycles. The van der Waals surface area contributed by atoms with Crippen molar-refractivity contribution in [3.8, 4) is 5.75 Å². The van der Waals surface area contributed by atoms with Crippen molar-refractivity contribution in [1.29, 1.82) is 0 Å². The number of nitrogens with two attached hydrogens (primary N) is 1. The molecule has 96 valence electrons. The van der Waals surface area contributed by atoms with Gasteiger partial charge in [0.05, 0.1) is 13.2 Å². The van der Waals surface area contributed by atoms with Crippen molar-refractivity contribution >= 4 is 0 Å². The lowest BCUT2D eigenvalue weighted by Crippen LogP contribution is -2.29. The fourth-order valence-corrected chi connectivity index (χ4v) is 1.72. The third kappa shape index (κ3) is 4.02. The van der Waals surface area contributed by atoms with E-state index in [1.54, 1.807) is 7.11 Å². The highest BCUT2D eigenvalue weighted by Crippen LogP contribution is 2.24. The lowest BCUT2D eigenvalue weighted by molar-refractivity contribution is 0.0339. The monoisotopic (exact) mass is 237 g/mol. The van der Waals surface area contributed by atoms with Crippen molar-refractivity contribution in [3.63, 3.8) is 0 Å². The van der Waals surface area contributed by atoms with Crippen LogP contribution in [-0.4, -0.2) is 19.8 Å². The molecule has 0 saturated carbocycles. The Balaban J connectivity index is 2.79. The van der Waals surface area contributed by atoms with E-state index in [0.29, 0.717) is 0 Å². The Morgan fingerprint density at radius 2 is 1.82 bits per heavy atom. The summed E-state index contributed by atoms with van der Waals surface area (Å²) in [5.74, 6) is 0.855. The van der Waals surface area contributed by atoms with Crippen LogP contribution in [0.1, 0.15) is 38.4 Å². The molecule has 0 amide bonds. The molecule has 2 N–H and O–H groups in total. The minimum Gasteiger partial charge on any atom is -0.497 e. The zero-order valence-electron chi connectivity index (χ0n) is 11.0. The summed E-state index contributed by atoms with van der Waals surface area (Å²) in [5.41, 5.74) is 7.22. The standard InChI is InChI=1S/C14H23NO2/c1-4-10-17-14(13(15)5-2)11-6-8-12(16-3)9-7-11/h6-9,13-14H,4-5,10,15H2,1-3H3. The van der Waals surface area contributed by atoms with Crippen LogP contribution < -0.4 is 10.5 Å². The van der Waals surface area contributed by atoms with Crippen LogP contribution in [0.5, 0.6) is 5.75 Å². The van der Waals surface area contributed by atoms with Crippen molar-refractivity contribution in [2.75, 3.05) is 13.7 Å². The third-order valence-corrected chi connectivity index (χ3v) is 2.81. The third-order valence-electron chi connectivity index (χ3n) is 2.81. The molecule has 1 rings (SSSR count). The molecule has 0 fully saturated rings. The SMILES string of the molecule is CCCOC(c1ccc(OC)cc1)C(N)CC. The molecule has 0 bridgehead atoms. The lowest BCUT2D eigenvalue weighted by Gasteiger charge is -2.23. The van der Waals surface area contributed by atoms with Crippen molar-refractivity contribution in [1.82, 2.24) is 0 Å². The number of hydrogen-bond acceptors (Lipinski definition) is 3. The average molecular weight is 237 g/mol. The number of benzene rings is 1. The van der Waals surface area contributed by atoms with Crippen molar-refractivity contribution in [2.24, 2.45) is 5.73 Å². The van der Waals surface area contributed by atoms with Gasteiger partial charge >= 0.3 is 0 Å². The van der Waals surface area contributed by atoms with E-state index in [2.05, 4.69) is 13.8 Å². The molecule has 2 unspecified atom stereocenters. The van der Waals surface area contributed by atoms with E-state index in [1.165, 1.54) is 0 Å². The van der Waals surface area contributed by atoms with Crippen molar-refractivity contribution in [2.45, 2.75) is 38.8 Å². The summed E-state index contributed by atoms with van der Waals surface area (Å²) in [5, 5.41) is 0. The molecule has 0 radical (unpaired) electrons.